The van der Waals surface area contributed by atoms with E-state index in [0.717, 1.165) is 5.56 Å². The SMILES string of the molecule is COCC(C)(NC(=O)CNC(=O)c1ccc(C(C)(C)C)cc1)C(=O)O. The predicted octanol–water partition coefficient (Wildman–Crippen LogP) is 1.32. The van der Waals surface area contributed by atoms with E-state index in [4.69, 9.17) is 4.74 Å². The first-order chi connectivity index (χ1) is 11.5. The lowest BCUT2D eigenvalue weighted by Crippen LogP contribution is -2.57. The van der Waals surface area contributed by atoms with Crippen molar-refractivity contribution in [3.8, 4) is 0 Å². The molecule has 1 aromatic carbocycles. The molecule has 1 atom stereocenters. The van der Waals surface area contributed by atoms with Crippen molar-refractivity contribution in [2.75, 3.05) is 20.3 Å². The number of carbonyl (C=O) groups is 3. The standard InChI is InChI=1S/C18H26N2O5/c1-17(2,3)13-8-6-12(7-9-13)15(22)19-10-14(21)20-18(4,11-25-5)16(23)24/h6-9H,10-11H2,1-5H3,(H,19,22)(H,20,21)(H,23,24). The first-order valence-electron chi connectivity index (χ1n) is 7.91. The van der Waals surface area contributed by atoms with Gasteiger partial charge in [0.15, 0.2) is 5.54 Å². The number of rotatable bonds is 7. The lowest BCUT2D eigenvalue weighted by Gasteiger charge is -2.25. The molecular formula is C18H26N2O5. The zero-order valence-electron chi connectivity index (χ0n) is 15.3. The second-order valence-corrected chi connectivity index (χ2v) is 7.13. The lowest BCUT2D eigenvalue weighted by atomic mass is 9.87. The van der Waals surface area contributed by atoms with Gasteiger partial charge in [-0.25, -0.2) is 4.79 Å². The van der Waals surface area contributed by atoms with Gasteiger partial charge in [-0.2, -0.15) is 0 Å². The highest BCUT2D eigenvalue weighted by Gasteiger charge is 2.34. The quantitative estimate of drug-likeness (QED) is 0.688. The van der Waals surface area contributed by atoms with Gasteiger partial charge in [-0.1, -0.05) is 32.9 Å². The van der Waals surface area contributed by atoms with E-state index in [1.165, 1.54) is 14.0 Å². The molecule has 0 fully saturated rings. The number of hydrogen-bond donors (Lipinski definition) is 3. The largest absolute Gasteiger partial charge is 0.479 e. The Bertz CT molecular complexity index is 634. The number of methoxy groups -OCH3 is 1. The van der Waals surface area contributed by atoms with Gasteiger partial charge in [-0.15, -0.1) is 0 Å². The molecule has 1 unspecified atom stereocenters. The van der Waals surface area contributed by atoms with Crippen LogP contribution in [0.4, 0.5) is 0 Å². The maximum absolute atomic E-state index is 12.1. The van der Waals surface area contributed by atoms with Crippen LogP contribution in [0.3, 0.4) is 0 Å². The van der Waals surface area contributed by atoms with Crippen LogP contribution in [-0.4, -0.2) is 48.7 Å². The summed E-state index contributed by atoms with van der Waals surface area (Å²) in [5.41, 5.74) is -0.0418. The summed E-state index contributed by atoms with van der Waals surface area (Å²) in [5, 5.41) is 14.0. The Morgan fingerprint density at radius 2 is 1.64 bits per heavy atom. The molecule has 0 aliphatic heterocycles. The Morgan fingerprint density at radius 3 is 2.08 bits per heavy atom. The van der Waals surface area contributed by atoms with Crippen molar-refractivity contribution in [2.24, 2.45) is 0 Å². The second-order valence-electron chi connectivity index (χ2n) is 7.13. The van der Waals surface area contributed by atoms with Crippen LogP contribution in [0.1, 0.15) is 43.6 Å². The number of nitrogens with one attached hydrogen (secondary N) is 2. The molecular weight excluding hydrogens is 324 g/mol. The zero-order valence-corrected chi connectivity index (χ0v) is 15.3. The van der Waals surface area contributed by atoms with E-state index < -0.39 is 23.3 Å². The van der Waals surface area contributed by atoms with E-state index in [2.05, 4.69) is 31.4 Å². The zero-order chi connectivity index (χ0) is 19.3. The number of ether oxygens (including phenoxy) is 1. The number of carboxylic acids is 1. The molecule has 1 aromatic rings. The molecule has 0 heterocycles. The summed E-state index contributed by atoms with van der Waals surface area (Å²) in [4.78, 5) is 35.3. The lowest BCUT2D eigenvalue weighted by molar-refractivity contribution is -0.149. The Labute approximate surface area is 147 Å². The molecule has 0 aromatic heterocycles. The minimum atomic E-state index is -1.55. The number of benzene rings is 1. The van der Waals surface area contributed by atoms with Crippen LogP contribution in [-0.2, 0) is 19.7 Å². The van der Waals surface area contributed by atoms with Crippen molar-refractivity contribution >= 4 is 17.8 Å². The Hall–Kier alpha value is -2.41. The molecule has 0 saturated carbocycles. The Balaban J connectivity index is 2.64. The average Bonchev–Trinajstić information content (AvgIpc) is 2.52. The fraction of sp³-hybridized carbons (Fsp3) is 0.500. The minimum Gasteiger partial charge on any atom is -0.479 e. The number of carboxylic acid groups (broad SMARTS) is 1. The van der Waals surface area contributed by atoms with Gasteiger partial charge in [0.25, 0.3) is 5.91 Å². The predicted molar refractivity (Wildman–Crippen MR) is 93.5 cm³/mol. The van der Waals surface area contributed by atoms with E-state index in [1.54, 1.807) is 12.1 Å². The second kappa shape index (κ2) is 8.11. The molecule has 3 N–H and O–H groups in total. The number of carbonyl (C=O) groups excluding carboxylic acids is 2. The van der Waals surface area contributed by atoms with Gasteiger partial charge in [-0.05, 0) is 30.0 Å². The highest BCUT2D eigenvalue weighted by atomic mass is 16.5. The van der Waals surface area contributed by atoms with Crippen molar-refractivity contribution in [2.45, 2.75) is 38.6 Å². The minimum absolute atomic E-state index is 0.0163. The number of amides is 2. The van der Waals surface area contributed by atoms with E-state index >= 15 is 0 Å². The fourth-order valence-electron chi connectivity index (χ4n) is 2.18. The Kier molecular flexibility index (Phi) is 6.70. The summed E-state index contributed by atoms with van der Waals surface area (Å²) >= 11 is 0. The monoisotopic (exact) mass is 350 g/mol. The first kappa shape index (κ1) is 20.6. The normalized spacial score (nSPS) is 13.6. The molecule has 0 saturated heterocycles. The van der Waals surface area contributed by atoms with Crippen LogP contribution in [0.2, 0.25) is 0 Å². The van der Waals surface area contributed by atoms with Crippen molar-refractivity contribution in [3.63, 3.8) is 0 Å². The van der Waals surface area contributed by atoms with Crippen molar-refractivity contribution in [1.82, 2.24) is 10.6 Å². The summed E-state index contributed by atoms with van der Waals surface area (Å²) in [6.07, 6.45) is 0. The molecule has 7 heteroatoms. The van der Waals surface area contributed by atoms with Crippen LogP contribution < -0.4 is 10.6 Å². The first-order valence-corrected chi connectivity index (χ1v) is 7.91. The van der Waals surface area contributed by atoms with Gasteiger partial charge in [-0.3, -0.25) is 9.59 Å². The molecule has 2 amide bonds. The topological polar surface area (TPSA) is 105 Å². The van der Waals surface area contributed by atoms with Gasteiger partial charge < -0.3 is 20.5 Å². The van der Waals surface area contributed by atoms with Gasteiger partial charge >= 0.3 is 5.97 Å². The van der Waals surface area contributed by atoms with E-state index in [0.29, 0.717) is 5.56 Å². The third-order valence-electron chi connectivity index (χ3n) is 3.74. The van der Waals surface area contributed by atoms with Crippen LogP contribution in [0.25, 0.3) is 0 Å². The third kappa shape index (κ3) is 5.86. The van der Waals surface area contributed by atoms with Gasteiger partial charge in [0, 0.05) is 12.7 Å². The molecule has 0 bridgehead atoms. The number of hydrogen-bond acceptors (Lipinski definition) is 4. The van der Waals surface area contributed by atoms with E-state index in [-0.39, 0.29) is 18.6 Å². The maximum Gasteiger partial charge on any atom is 0.331 e. The molecule has 0 aliphatic rings. The summed E-state index contributed by atoms with van der Waals surface area (Å²) in [7, 11) is 1.34. The van der Waals surface area contributed by atoms with Crippen molar-refractivity contribution < 1.29 is 24.2 Å². The van der Waals surface area contributed by atoms with Crippen LogP contribution in [0, 0.1) is 0 Å². The van der Waals surface area contributed by atoms with Gasteiger partial charge in [0.1, 0.15) is 0 Å². The molecule has 25 heavy (non-hydrogen) atoms. The Morgan fingerprint density at radius 1 is 1.08 bits per heavy atom. The maximum atomic E-state index is 12.1. The van der Waals surface area contributed by atoms with Crippen LogP contribution >= 0.6 is 0 Å². The van der Waals surface area contributed by atoms with Crippen LogP contribution in [0.15, 0.2) is 24.3 Å². The van der Waals surface area contributed by atoms with E-state index in [9.17, 15) is 19.5 Å². The molecule has 1 rings (SSSR count). The van der Waals surface area contributed by atoms with E-state index in [1.807, 2.05) is 12.1 Å². The third-order valence-corrected chi connectivity index (χ3v) is 3.74. The fourth-order valence-corrected chi connectivity index (χ4v) is 2.18. The van der Waals surface area contributed by atoms with Crippen LogP contribution in [0.5, 0.6) is 0 Å². The highest BCUT2D eigenvalue weighted by molar-refractivity contribution is 5.97. The molecule has 0 spiro atoms. The summed E-state index contributed by atoms with van der Waals surface area (Å²) in [6, 6.07) is 7.13. The molecule has 0 radical (unpaired) electrons. The summed E-state index contributed by atoms with van der Waals surface area (Å²) in [5.74, 6) is -2.23. The van der Waals surface area contributed by atoms with Crippen molar-refractivity contribution in [3.05, 3.63) is 35.4 Å². The molecule has 7 nitrogen and oxygen atoms in total. The summed E-state index contributed by atoms with van der Waals surface area (Å²) in [6.45, 7) is 7.05. The summed E-state index contributed by atoms with van der Waals surface area (Å²) < 4.78 is 4.82. The average molecular weight is 350 g/mol. The highest BCUT2D eigenvalue weighted by Crippen LogP contribution is 2.22. The number of aliphatic carboxylic acids is 1. The van der Waals surface area contributed by atoms with Crippen molar-refractivity contribution in [1.29, 1.82) is 0 Å². The van der Waals surface area contributed by atoms with Gasteiger partial charge in [0.2, 0.25) is 5.91 Å². The van der Waals surface area contributed by atoms with Gasteiger partial charge in [0.05, 0.1) is 13.2 Å². The smallest absolute Gasteiger partial charge is 0.331 e. The molecule has 0 aliphatic carbocycles. The molecule has 138 valence electrons.